The van der Waals surface area contributed by atoms with Gasteiger partial charge >= 0.3 is 0 Å². The molecular formula is C25H33N3. The molecule has 3 heterocycles. The first kappa shape index (κ1) is 18.4. The van der Waals surface area contributed by atoms with Gasteiger partial charge in [0.25, 0.3) is 0 Å². The smallest absolute Gasteiger partial charge is 0.0233 e. The van der Waals surface area contributed by atoms with Crippen LogP contribution in [0.1, 0.15) is 24.0 Å². The summed E-state index contributed by atoms with van der Waals surface area (Å²) in [6.07, 6.45) is 2.69. The van der Waals surface area contributed by atoms with Gasteiger partial charge in [-0.25, -0.2) is 0 Å². The predicted octanol–water partition coefficient (Wildman–Crippen LogP) is 3.71. The number of hydrogen-bond donors (Lipinski definition) is 0. The fourth-order valence-electron chi connectivity index (χ4n) is 5.68. The first-order valence-corrected chi connectivity index (χ1v) is 11.1. The van der Waals surface area contributed by atoms with E-state index in [1.807, 2.05) is 0 Å². The Hall–Kier alpha value is -1.68. The molecule has 3 fully saturated rings. The third kappa shape index (κ3) is 4.17. The Morgan fingerprint density at radius 1 is 0.607 bits per heavy atom. The van der Waals surface area contributed by atoms with E-state index >= 15 is 0 Å². The Morgan fingerprint density at radius 2 is 1.11 bits per heavy atom. The number of benzene rings is 2. The van der Waals surface area contributed by atoms with Crippen LogP contribution in [-0.4, -0.2) is 60.0 Å². The van der Waals surface area contributed by atoms with E-state index in [1.165, 1.54) is 63.2 Å². The van der Waals surface area contributed by atoms with Crippen molar-refractivity contribution in [3.8, 4) is 0 Å². The largest absolute Gasteiger partial charge is 0.300 e. The van der Waals surface area contributed by atoms with Gasteiger partial charge in [0.1, 0.15) is 0 Å². The number of nitrogens with zero attached hydrogens (tertiary/aromatic N) is 3. The fraction of sp³-hybridized carbons (Fsp3) is 0.520. The minimum atomic E-state index is 0.820. The zero-order valence-electron chi connectivity index (χ0n) is 16.9. The Balaban J connectivity index is 1.08. The van der Waals surface area contributed by atoms with Crippen molar-refractivity contribution in [3.05, 3.63) is 71.8 Å². The molecule has 0 unspecified atom stereocenters. The molecule has 2 atom stereocenters. The third-order valence-electron chi connectivity index (χ3n) is 7.16. The van der Waals surface area contributed by atoms with Crippen LogP contribution in [0.3, 0.4) is 0 Å². The Kier molecular flexibility index (Phi) is 5.48. The Bertz CT molecular complexity index is 725. The van der Waals surface area contributed by atoms with Crippen LogP contribution in [0.4, 0.5) is 0 Å². The maximum atomic E-state index is 2.84. The molecule has 3 heteroatoms. The van der Waals surface area contributed by atoms with Crippen LogP contribution in [-0.2, 0) is 13.1 Å². The molecule has 5 rings (SSSR count). The highest BCUT2D eigenvalue weighted by atomic mass is 15.3. The fourth-order valence-corrected chi connectivity index (χ4v) is 5.68. The third-order valence-corrected chi connectivity index (χ3v) is 7.16. The van der Waals surface area contributed by atoms with Gasteiger partial charge in [-0.1, -0.05) is 60.7 Å². The van der Waals surface area contributed by atoms with Crippen molar-refractivity contribution in [3.63, 3.8) is 0 Å². The number of rotatable bonds is 5. The SMILES string of the molecule is c1ccc(CN2CCC(N3C[C@@H]4CN(Cc5ccccc5)C[C@H]4C3)CC2)cc1. The van der Waals surface area contributed by atoms with E-state index in [0.29, 0.717) is 0 Å². The van der Waals surface area contributed by atoms with Gasteiger partial charge in [-0.2, -0.15) is 0 Å². The van der Waals surface area contributed by atoms with E-state index in [9.17, 15) is 0 Å². The second-order valence-corrected chi connectivity index (χ2v) is 9.15. The quantitative estimate of drug-likeness (QED) is 0.789. The van der Waals surface area contributed by atoms with Gasteiger partial charge in [0.05, 0.1) is 0 Å². The molecule has 0 radical (unpaired) electrons. The van der Waals surface area contributed by atoms with Crippen molar-refractivity contribution in [2.24, 2.45) is 11.8 Å². The van der Waals surface area contributed by atoms with Crippen LogP contribution >= 0.6 is 0 Å². The monoisotopic (exact) mass is 375 g/mol. The molecule has 3 aliphatic rings. The van der Waals surface area contributed by atoms with Gasteiger partial charge in [0.2, 0.25) is 0 Å². The van der Waals surface area contributed by atoms with Crippen molar-refractivity contribution < 1.29 is 0 Å². The summed E-state index contributed by atoms with van der Waals surface area (Å²) < 4.78 is 0. The number of hydrogen-bond acceptors (Lipinski definition) is 3. The molecule has 2 aromatic carbocycles. The standard InChI is InChI=1S/C25H33N3/c1-3-7-21(8-4-1)15-26-13-11-25(12-14-26)28-19-23-17-27(18-24(23)20-28)16-22-9-5-2-6-10-22/h1-10,23-25H,11-20H2/t23-,24-/m0/s1. The lowest BCUT2D eigenvalue weighted by Crippen LogP contribution is -2.44. The van der Waals surface area contributed by atoms with Crippen molar-refractivity contribution in [2.75, 3.05) is 39.3 Å². The molecular weight excluding hydrogens is 342 g/mol. The highest BCUT2D eigenvalue weighted by Gasteiger charge is 2.42. The van der Waals surface area contributed by atoms with Crippen LogP contribution in [0.5, 0.6) is 0 Å². The van der Waals surface area contributed by atoms with Crippen LogP contribution in [0.25, 0.3) is 0 Å². The summed E-state index contributed by atoms with van der Waals surface area (Å²) in [7, 11) is 0. The van der Waals surface area contributed by atoms with Gasteiger partial charge in [-0.15, -0.1) is 0 Å². The Morgan fingerprint density at radius 3 is 1.64 bits per heavy atom. The number of likely N-dealkylation sites (tertiary alicyclic amines) is 3. The molecule has 0 spiro atoms. The summed E-state index contributed by atoms with van der Waals surface area (Å²) in [5.41, 5.74) is 2.92. The molecule has 0 aromatic heterocycles. The summed E-state index contributed by atoms with van der Waals surface area (Å²) in [4.78, 5) is 8.17. The molecule has 2 aromatic rings. The highest BCUT2D eigenvalue weighted by molar-refractivity contribution is 5.15. The minimum absolute atomic E-state index is 0.820. The van der Waals surface area contributed by atoms with E-state index in [-0.39, 0.29) is 0 Å². The molecule has 0 bridgehead atoms. The maximum Gasteiger partial charge on any atom is 0.0233 e. The van der Waals surface area contributed by atoms with E-state index in [4.69, 9.17) is 0 Å². The highest BCUT2D eigenvalue weighted by Crippen LogP contribution is 2.34. The normalized spacial score (nSPS) is 27.3. The summed E-state index contributed by atoms with van der Waals surface area (Å²) in [6, 6.07) is 22.7. The zero-order chi connectivity index (χ0) is 18.8. The molecule has 148 valence electrons. The van der Waals surface area contributed by atoms with Gasteiger partial charge in [0, 0.05) is 45.3 Å². The van der Waals surface area contributed by atoms with E-state index in [1.54, 1.807) is 0 Å². The topological polar surface area (TPSA) is 9.72 Å². The molecule has 3 saturated heterocycles. The van der Waals surface area contributed by atoms with Gasteiger partial charge in [-0.3, -0.25) is 14.7 Å². The summed E-state index contributed by atoms with van der Waals surface area (Å²) in [6.45, 7) is 10.0. The van der Waals surface area contributed by atoms with Crippen LogP contribution < -0.4 is 0 Å². The second-order valence-electron chi connectivity index (χ2n) is 9.15. The average molecular weight is 376 g/mol. The predicted molar refractivity (Wildman–Crippen MR) is 115 cm³/mol. The molecule has 28 heavy (non-hydrogen) atoms. The lowest BCUT2D eigenvalue weighted by Gasteiger charge is -2.37. The molecule has 0 saturated carbocycles. The average Bonchev–Trinajstić information content (AvgIpc) is 3.29. The lowest BCUT2D eigenvalue weighted by atomic mass is 10.0. The molecule has 3 nitrogen and oxygen atoms in total. The van der Waals surface area contributed by atoms with Crippen LogP contribution in [0.15, 0.2) is 60.7 Å². The van der Waals surface area contributed by atoms with Gasteiger partial charge < -0.3 is 0 Å². The van der Waals surface area contributed by atoms with Crippen molar-refractivity contribution in [1.82, 2.24) is 14.7 Å². The summed E-state index contributed by atoms with van der Waals surface area (Å²) in [5, 5.41) is 0. The van der Waals surface area contributed by atoms with Gasteiger partial charge in [0.15, 0.2) is 0 Å². The van der Waals surface area contributed by atoms with Crippen molar-refractivity contribution in [2.45, 2.75) is 32.0 Å². The first-order chi connectivity index (χ1) is 13.8. The van der Waals surface area contributed by atoms with Crippen LogP contribution in [0, 0.1) is 11.8 Å². The van der Waals surface area contributed by atoms with E-state index in [0.717, 1.165) is 31.0 Å². The van der Waals surface area contributed by atoms with Gasteiger partial charge in [-0.05, 0) is 48.9 Å². The van der Waals surface area contributed by atoms with Crippen molar-refractivity contribution >= 4 is 0 Å². The maximum absolute atomic E-state index is 2.84. The Labute approximate surface area is 169 Å². The first-order valence-electron chi connectivity index (χ1n) is 11.1. The second kappa shape index (κ2) is 8.36. The lowest BCUT2D eigenvalue weighted by molar-refractivity contribution is 0.112. The van der Waals surface area contributed by atoms with E-state index < -0.39 is 0 Å². The molecule has 0 amide bonds. The minimum Gasteiger partial charge on any atom is -0.300 e. The number of fused-ring (bicyclic) bond motifs is 1. The molecule has 0 aliphatic carbocycles. The molecule has 0 N–H and O–H groups in total. The zero-order valence-corrected chi connectivity index (χ0v) is 16.9. The van der Waals surface area contributed by atoms with E-state index in [2.05, 4.69) is 75.4 Å². The number of piperidine rings is 1. The van der Waals surface area contributed by atoms with Crippen LogP contribution in [0.2, 0.25) is 0 Å². The summed E-state index contributed by atoms with van der Waals surface area (Å²) >= 11 is 0. The molecule has 3 aliphatic heterocycles. The van der Waals surface area contributed by atoms with Crippen molar-refractivity contribution in [1.29, 1.82) is 0 Å². The summed E-state index contributed by atoms with van der Waals surface area (Å²) in [5.74, 6) is 1.79.